The Morgan fingerprint density at radius 1 is 1.12 bits per heavy atom. The van der Waals surface area contributed by atoms with Crippen molar-refractivity contribution in [3.8, 4) is 11.3 Å². The molecule has 1 aromatic heterocycles. The number of fused-ring (bicyclic) bond motifs is 1. The average molecular weight is 477 g/mol. The van der Waals surface area contributed by atoms with Gasteiger partial charge < -0.3 is 15.5 Å². The van der Waals surface area contributed by atoms with Crippen LogP contribution >= 0.6 is 11.6 Å². The van der Waals surface area contributed by atoms with Crippen molar-refractivity contribution in [3.05, 3.63) is 83.5 Å². The molecule has 180 valence electrons. The maximum absolute atomic E-state index is 6.39. The Kier molecular flexibility index (Phi) is 9.70. The lowest BCUT2D eigenvalue weighted by Crippen LogP contribution is -2.43. The highest BCUT2D eigenvalue weighted by molar-refractivity contribution is 6.35. The van der Waals surface area contributed by atoms with Crippen LogP contribution in [0.1, 0.15) is 37.3 Å². The number of halogens is 1. The number of hydrogen-bond donors (Lipinski definition) is 1. The summed E-state index contributed by atoms with van der Waals surface area (Å²) in [6.45, 7) is 15.4. The van der Waals surface area contributed by atoms with Crippen LogP contribution in [0.15, 0.2) is 67.4 Å². The van der Waals surface area contributed by atoms with E-state index in [4.69, 9.17) is 22.3 Å². The lowest BCUT2D eigenvalue weighted by atomic mass is 10.1. The topological polar surface area (TPSA) is 45.4 Å². The van der Waals surface area contributed by atoms with Gasteiger partial charge in [0.15, 0.2) is 0 Å². The summed E-state index contributed by atoms with van der Waals surface area (Å²) in [4.78, 5) is 9.54. The molecule has 2 heterocycles. The van der Waals surface area contributed by atoms with Gasteiger partial charge in [0.25, 0.3) is 0 Å². The molecule has 4 nitrogen and oxygen atoms in total. The van der Waals surface area contributed by atoms with Crippen LogP contribution in [0.5, 0.6) is 0 Å². The van der Waals surface area contributed by atoms with Crippen LogP contribution in [0.4, 0.5) is 0 Å². The summed E-state index contributed by atoms with van der Waals surface area (Å²) in [6.07, 6.45) is 5.54. The smallest absolute Gasteiger partial charge is 0.0730 e. The summed E-state index contributed by atoms with van der Waals surface area (Å²) in [7, 11) is 2.19. The minimum Gasteiger partial charge on any atom is -0.373 e. The monoisotopic (exact) mass is 476 g/mol. The van der Waals surface area contributed by atoms with Crippen molar-refractivity contribution >= 4 is 28.6 Å². The van der Waals surface area contributed by atoms with Gasteiger partial charge in [-0.25, -0.2) is 4.98 Å². The fraction of sp³-hybridized carbons (Fsp3) is 0.345. The van der Waals surface area contributed by atoms with Gasteiger partial charge in [0.1, 0.15) is 0 Å². The highest BCUT2D eigenvalue weighted by atomic mass is 35.5. The van der Waals surface area contributed by atoms with Gasteiger partial charge in [-0.2, -0.15) is 0 Å². The number of piperazine rings is 1. The average Bonchev–Trinajstić information content (AvgIpc) is 2.87. The summed E-state index contributed by atoms with van der Waals surface area (Å²) < 4.78 is 0. The third kappa shape index (κ3) is 6.92. The Bertz CT molecular complexity index is 1120. The lowest BCUT2D eigenvalue weighted by Gasteiger charge is -2.35. The number of benzene rings is 2. The van der Waals surface area contributed by atoms with Crippen LogP contribution in [0.2, 0.25) is 5.02 Å². The predicted octanol–water partition coefficient (Wildman–Crippen LogP) is 6.59. The van der Waals surface area contributed by atoms with E-state index in [-0.39, 0.29) is 0 Å². The molecule has 0 unspecified atom stereocenters. The molecule has 2 aromatic carbocycles. The quantitative estimate of drug-likeness (QED) is 0.417. The zero-order valence-corrected chi connectivity index (χ0v) is 21.3. The third-order valence-corrected chi connectivity index (χ3v) is 6.56. The third-order valence-electron chi connectivity index (χ3n) is 6.25. The van der Waals surface area contributed by atoms with E-state index < -0.39 is 0 Å². The highest BCUT2D eigenvalue weighted by Crippen LogP contribution is 2.29. The predicted molar refractivity (Wildman–Crippen MR) is 148 cm³/mol. The van der Waals surface area contributed by atoms with Crippen molar-refractivity contribution in [2.24, 2.45) is 5.73 Å². The van der Waals surface area contributed by atoms with Crippen LogP contribution < -0.4 is 5.73 Å². The highest BCUT2D eigenvalue weighted by Gasteiger charge is 2.14. The Labute approximate surface area is 209 Å². The second kappa shape index (κ2) is 12.7. The Balaban J connectivity index is 0.000000215. The first kappa shape index (κ1) is 26.0. The molecule has 0 radical (unpaired) electrons. The van der Waals surface area contributed by atoms with Crippen molar-refractivity contribution in [2.75, 3.05) is 33.2 Å². The molecule has 1 aliphatic heterocycles. The summed E-state index contributed by atoms with van der Waals surface area (Å²) >= 11 is 6.39. The molecule has 1 aliphatic rings. The number of likely N-dealkylation sites (N-methyl/N-ethyl adjacent to an activating group) is 1. The Morgan fingerprint density at radius 3 is 2.56 bits per heavy atom. The number of rotatable bonds is 7. The van der Waals surface area contributed by atoms with Crippen LogP contribution in [0.25, 0.3) is 28.2 Å². The van der Waals surface area contributed by atoms with Crippen LogP contribution in [-0.4, -0.2) is 48.0 Å². The fourth-order valence-electron chi connectivity index (χ4n) is 4.00. The number of aromatic nitrogens is 1. The van der Waals surface area contributed by atoms with E-state index in [9.17, 15) is 0 Å². The summed E-state index contributed by atoms with van der Waals surface area (Å²) in [5.74, 6) is 0. The first-order valence-electron chi connectivity index (χ1n) is 12.1. The number of hydrogen-bond acceptors (Lipinski definition) is 4. The molecular weight excluding hydrogens is 440 g/mol. The van der Waals surface area contributed by atoms with Crippen molar-refractivity contribution in [1.82, 2.24) is 14.8 Å². The number of allylic oxidation sites excluding steroid dienone is 1. The number of pyridine rings is 1. The molecule has 3 aromatic rings. The van der Waals surface area contributed by atoms with E-state index in [0.717, 1.165) is 33.3 Å². The standard InChI is InChI=1S/C18H15ClN2.C11H22N2/c1-2-12-6-7-15-16(19)10-17(21-18(15)9-12)14-5-3-4-13(8-14)11-20;1-4-5-6-11(2)13-9-7-12(3)8-10-13/h2-10H,1,11,20H2;2,4-10H2,1,3H3. The van der Waals surface area contributed by atoms with Gasteiger partial charge >= 0.3 is 0 Å². The van der Waals surface area contributed by atoms with E-state index in [0.29, 0.717) is 11.6 Å². The van der Waals surface area contributed by atoms with Crippen LogP contribution in [0, 0.1) is 0 Å². The first-order chi connectivity index (χ1) is 16.4. The minimum atomic E-state index is 0.510. The van der Waals surface area contributed by atoms with Gasteiger partial charge in [0.05, 0.1) is 16.2 Å². The second-order valence-electron chi connectivity index (χ2n) is 8.83. The van der Waals surface area contributed by atoms with Gasteiger partial charge in [-0.3, -0.25) is 0 Å². The zero-order valence-electron chi connectivity index (χ0n) is 20.6. The van der Waals surface area contributed by atoms with Gasteiger partial charge in [-0.1, -0.05) is 74.5 Å². The molecule has 0 bridgehead atoms. The number of nitrogens with zero attached hydrogens (tertiary/aromatic N) is 3. The van der Waals surface area contributed by atoms with Crippen LogP contribution in [0.3, 0.4) is 0 Å². The van der Waals surface area contributed by atoms with Gasteiger partial charge in [-0.15, -0.1) is 0 Å². The van der Waals surface area contributed by atoms with Crippen molar-refractivity contribution in [2.45, 2.75) is 32.7 Å². The summed E-state index contributed by atoms with van der Waals surface area (Å²) in [5, 5.41) is 1.64. The Morgan fingerprint density at radius 2 is 1.88 bits per heavy atom. The van der Waals surface area contributed by atoms with Crippen molar-refractivity contribution < 1.29 is 0 Å². The lowest BCUT2D eigenvalue weighted by molar-refractivity contribution is 0.182. The van der Waals surface area contributed by atoms with E-state index in [2.05, 4.69) is 36.9 Å². The molecule has 2 N–H and O–H groups in total. The maximum atomic E-state index is 6.39. The van der Waals surface area contributed by atoms with Gasteiger partial charge in [0.2, 0.25) is 0 Å². The van der Waals surface area contributed by atoms with E-state index in [1.165, 1.54) is 51.1 Å². The molecule has 0 saturated carbocycles. The van der Waals surface area contributed by atoms with E-state index in [1.807, 2.05) is 48.5 Å². The summed E-state index contributed by atoms with van der Waals surface area (Å²) in [6, 6.07) is 15.9. The minimum absolute atomic E-state index is 0.510. The molecule has 0 spiro atoms. The molecular formula is C29H37ClN4. The van der Waals surface area contributed by atoms with E-state index in [1.54, 1.807) is 6.08 Å². The molecule has 0 aliphatic carbocycles. The van der Waals surface area contributed by atoms with Gasteiger partial charge in [0, 0.05) is 49.4 Å². The van der Waals surface area contributed by atoms with Crippen molar-refractivity contribution in [3.63, 3.8) is 0 Å². The van der Waals surface area contributed by atoms with E-state index >= 15 is 0 Å². The first-order valence-corrected chi connectivity index (χ1v) is 12.5. The number of nitrogens with two attached hydrogens (primary N) is 1. The van der Waals surface area contributed by atoms with Gasteiger partial charge in [-0.05, 0) is 49.2 Å². The zero-order chi connectivity index (χ0) is 24.5. The molecule has 0 amide bonds. The molecule has 5 heteroatoms. The summed E-state index contributed by atoms with van der Waals surface area (Å²) in [5.41, 5.74) is 11.9. The van der Waals surface area contributed by atoms with Crippen molar-refractivity contribution in [1.29, 1.82) is 0 Å². The molecule has 4 rings (SSSR count). The Hall–Kier alpha value is -2.66. The molecule has 1 saturated heterocycles. The molecule has 1 fully saturated rings. The largest absolute Gasteiger partial charge is 0.373 e. The fourth-order valence-corrected chi connectivity index (χ4v) is 4.26. The SMILES string of the molecule is C=C(CCCC)N1CCN(C)CC1.C=Cc1ccc2c(Cl)cc(-c3cccc(CN)c3)nc2c1. The van der Waals surface area contributed by atoms with Crippen LogP contribution in [-0.2, 0) is 6.54 Å². The molecule has 0 atom stereocenters. The maximum Gasteiger partial charge on any atom is 0.0730 e. The number of unbranched alkanes of at least 4 members (excludes halogenated alkanes) is 1. The normalized spacial score (nSPS) is 13.9. The second-order valence-corrected chi connectivity index (χ2v) is 9.24. The molecule has 34 heavy (non-hydrogen) atoms.